The molecular weight excluding hydrogens is 412 g/mol. The highest BCUT2D eigenvalue weighted by atomic mass is 32.2. The molecule has 4 rings (SSSR count). The number of rotatable bonds is 6. The summed E-state index contributed by atoms with van der Waals surface area (Å²) in [5.41, 5.74) is 2.05. The van der Waals surface area contributed by atoms with Crippen molar-refractivity contribution in [1.29, 1.82) is 0 Å². The number of fused-ring (bicyclic) bond motifs is 1. The minimum atomic E-state index is -1.10. The zero-order valence-corrected chi connectivity index (χ0v) is 18.6. The maximum absolute atomic E-state index is 12.9. The van der Waals surface area contributed by atoms with Gasteiger partial charge in [0, 0.05) is 4.75 Å². The highest BCUT2D eigenvalue weighted by Gasteiger charge is 2.70. The second-order valence-electron chi connectivity index (χ2n) is 8.89. The number of carbonyl (C=O) groups is 3. The second-order valence-corrected chi connectivity index (χ2v) is 10.6. The Morgan fingerprint density at radius 3 is 2.29 bits per heavy atom. The lowest BCUT2D eigenvalue weighted by atomic mass is 9.86. The van der Waals surface area contributed by atoms with Gasteiger partial charge < -0.3 is 15.3 Å². The van der Waals surface area contributed by atoms with Gasteiger partial charge in [0.05, 0.1) is 6.42 Å². The van der Waals surface area contributed by atoms with Gasteiger partial charge in [0.1, 0.15) is 17.0 Å². The SMILES string of the molecule is CC1(C)S[C@H]2N(C(=O)C2(C)NC(=O)Cc2ccccc2Cc2ccccc2)[C@H]1C(=O)O. The van der Waals surface area contributed by atoms with Crippen molar-refractivity contribution in [2.75, 3.05) is 0 Å². The number of thioether (sulfide) groups is 1. The zero-order chi connectivity index (χ0) is 22.4. The number of nitrogens with one attached hydrogen (secondary N) is 1. The molecule has 2 aliphatic rings. The van der Waals surface area contributed by atoms with E-state index in [4.69, 9.17) is 0 Å². The lowest BCUT2D eigenvalue weighted by Crippen LogP contribution is -2.78. The van der Waals surface area contributed by atoms with Crippen LogP contribution in [0.15, 0.2) is 54.6 Å². The molecule has 7 heteroatoms. The molecule has 6 nitrogen and oxygen atoms in total. The molecule has 2 aliphatic heterocycles. The van der Waals surface area contributed by atoms with E-state index in [0.717, 1.165) is 23.1 Å². The number of hydrogen-bond donors (Lipinski definition) is 2. The van der Waals surface area contributed by atoms with Crippen molar-refractivity contribution in [2.45, 2.75) is 55.3 Å². The fourth-order valence-corrected chi connectivity index (χ4v) is 6.21. The van der Waals surface area contributed by atoms with Crippen molar-refractivity contribution >= 4 is 29.5 Å². The summed E-state index contributed by atoms with van der Waals surface area (Å²) in [6, 6.07) is 17.0. The molecule has 2 heterocycles. The summed E-state index contributed by atoms with van der Waals surface area (Å²) in [6.07, 6.45) is 0.885. The van der Waals surface area contributed by atoms with Crippen LogP contribution < -0.4 is 5.32 Å². The molecule has 0 saturated carbocycles. The Morgan fingerprint density at radius 1 is 1.03 bits per heavy atom. The van der Waals surface area contributed by atoms with E-state index in [1.807, 2.05) is 56.3 Å². The summed E-state index contributed by atoms with van der Waals surface area (Å²) in [5.74, 6) is -1.60. The Morgan fingerprint density at radius 2 is 1.65 bits per heavy atom. The predicted molar refractivity (Wildman–Crippen MR) is 120 cm³/mol. The molecule has 162 valence electrons. The van der Waals surface area contributed by atoms with Crippen LogP contribution in [0.1, 0.15) is 37.5 Å². The van der Waals surface area contributed by atoms with Gasteiger partial charge in [-0.3, -0.25) is 9.59 Å². The third kappa shape index (κ3) is 3.71. The summed E-state index contributed by atoms with van der Waals surface area (Å²) in [6.45, 7) is 5.34. The minimum absolute atomic E-state index is 0.162. The predicted octanol–water partition coefficient (Wildman–Crippen LogP) is 2.84. The van der Waals surface area contributed by atoms with Gasteiger partial charge in [0.2, 0.25) is 5.91 Å². The Kier molecular flexibility index (Phi) is 5.33. The first-order valence-corrected chi connectivity index (χ1v) is 11.2. The quantitative estimate of drug-likeness (QED) is 0.678. The summed E-state index contributed by atoms with van der Waals surface area (Å²) < 4.78 is -0.628. The number of aliphatic carboxylic acids is 1. The molecule has 2 fully saturated rings. The van der Waals surface area contributed by atoms with E-state index in [0.29, 0.717) is 0 Å². The number of carboxylic acids is 1. The first-order valence-electron chi connectivity index (χ1n) is 10.3. The van der Waals surface area contributed by atoms with Crippen LogP contribution in [0.3, 0.4) is 0 Å². The van der Waals surface area contributed by atoms with Crippen LogP contribution in [0.4, 0.5) is 0 Å². The number of carbonyl (C=O) groups excluding carboxylic acids is 2. The zero-order valence-electron chi connectivity index (χ0n) is 17.8. The average molecular weight is 439 g/mol. The fourth-order valence-electron chi connectivity index (χ4n) is 4.56. The van der Waals surface area contributed by atoms with E-state index in [1.54, 1.807) is 6.92 Å². The van der Waals surface area contributed by atoms with Gasteiger partial charge in [-0.1, -0.05) is 54.6 Å². The number of hydrogen-bond acceptors (Lipinski definition) is 4. The molecular formula is C24H26N2O4S. The van der Waals surface area contributed by atoms with Crippen LogP contribution in [0, 0.1) is 0 Å². The molecule has 2 aromatic rings. The van der Waals surface area contributed by atoms with Crippen molar-refractivity contribution in [3.8, 4) is 0 Å². The molecule has 0 radical (unpaired) electrons. The molecule has 2 amide bonds. The van der Waals surface area contributed by atoms with Crippen LogP contribution in [0.5, 0.6) is 0 Å². The van der Waals surface area contributed by atoms with E-state index in [1.165, 1.54) is 16.7 Å². The standard InChI is InChI=1S/C24H26N2O4S/c1-23(2)19(20(28)29)26-21(30)24(3,22(26)31-23)25-18(27)14-17-12-8-7-11-16(17)13-15-9-5-4-6-10-15/h4-12,19,22H,13-14H2,1-3H3,(H,25,27)(H,28,29)/t19-,22+,24?/m0/s1. The normalized spacial score (nSPS) is 26.2. The summed E-state index contributed by atoms with van der Waals surface area (Å²) >= 11 is 1.43. The topological polar surface area (TPSA) is 86.7 Å². The largest absolute Gasteiger partial charge is 0.480 e. The summed E-state index contributed by atoms with van der Waals surface area (Å²) in [4.78, 5) is 38.9. The van der Waals surface area contributed by atoms with E-state index < -0.39 is 22.3 Å². The molecule has 2 N–H and O–H groups in total. The molecule has 0 aromatic heterocycles. The minimum Gasteiger partial charge on any atom is -0.480 e. The van der Waals surface area contributed by atoms with Gasteiger partial charge in [-0.05, 0) is 43.9 Å². The Bertz CT molecular complexity index is 1040. The molecule has 31 heavy (non-hydrogen) atoms. The third-order valence-electron chi connectivity index (χ3n) is 6.12. The number of benzene rings is 2. The van der Waals surface area contributed by atoms with Crippen LogP contribution in [-0.2, 0) is 27.2 Å². The molecule has 0 bridgehead atoms. The molecule has 0 spiro atoms. The van der Waals surface area contributed by atoms with Crippen molar-refractivity contribution in [2.24, 2.45) is 0 Å². The van der Waals surface area contributed by atoms with Crippen LogP contribution in [0.25, 0.3) is 0 Å². The van der Waals surface area contributed by atoms with Crippen LogP contribution in [0.2, 0.25) is 0 Å². The molecule has 3 atom stereocenters. The monoisotopic (exact) mass is 438 g/mol. The number of carboxylic acid groups (broad SMARTS) is 1. The van der Waals surface area contributed by atoms with Gasteiger partial charge in [-0.2, -0.15) is 0 Å². The van der Waals surface area contributed by atoms with E-state index in [9.17, 15) is 19.5 Å². The van der Waals surface area contributed by atoms with E-state index >= 15 is 0 Å². The maximum Gasteiger partial charge on any atom is 0.327 e. The molecule has 2 saturated heterocycles. The Hall–Kier alpha value is -2.80. The summed E-state index contributed by atoms with van der Waals surface area (Å²) in [7, 11) is 0. The highest BCUT2D eigenvalue weighted by Crippen LogP contribution is 2.54. The highest BCUT2D eigenvalue weighted by molar-refractivity contribution is 8.01. The lowest BCUT2D eigenvalue weighted by Gasteiger charge is -2.51. The fraction of sp³-hybridized carbons (Fsp3) is 0.375. The van der Waals surface area contributed by atoms with Crippen molar-refractivity contribution in [3.05, 3.63) is 71.3 Å². The average Bonchev–Trinajstić information content (AvgIpc) is 2.99. The summed E-state index contributed by atoms with van der Waals surface area (Å²) in [5, 5.41) is 12.1. The number of nitrogens with zero attached hydrogens (tertiary/aromatic N) is 1. The van der Waals surface area contributed by atoms with Gasteiger partial charge >= 0.3 is 5.97 Å². The molecule has 2 aromatic carbocycles. The number of β-lactam (4-membered cyclic amide) rings is 1. The first-order chi connectivity index (χ1) is 14.6. The maximum atomic E-state index is 12.9. The smallest absolute Gasteiger partial charge is 0.327 e. The molecule has 1 unspecified atom stereocenters. The van der Waals surface area contributed by atoms with Gasteiger partial charge in [-0.25, -0.2) is 4.79 Å². The van der Waals surface area contributed by atoms with Crippen LogP contribution in [-0.4, -0.2) is 49.5 Å². The third-order valence-corrected chi connectivity index (χ3v) is 7.87. The van der Waals surface area contributed by atoms with Gasteiger partial charge in [0.15, 0.2) is 0 Å². The first kappa shape index (κ1) is 21.4. The number of amides is 2. The van der Waals surface area contributed by atoms with Gasteiger partial charge in [0.25, 0.3) is 5.91 Å². The van der Waals surface area contributed by atoms with E-state index in [2.05, 4.69) is 17.4 Å². The second kappa shape index (κ2) is 7.71. The lowest BCUT2D eigenvalue weighted by molar-refractivity contribution is -0.167. The molecule has 0 aliphatic carbocycles. The van der Waals surface area contributed by atoms with Crippen molar-refractivity contribution < 1.29 is 19.5 Å². The Labute approximate surface area is 186 Å². The van der Waals surface area contributed by atoms with E-state index in [-0.39, 0.29) is 23.6 Å². The Balaban J connectivity index is 1.48. The van der Waals surface area contributed by atoms with Crippen molar-refractivity contribution in [1.82, 2.24) is 10.2 Å². The van der Waals surface area contributed by atoms with Crippen LogP contribution >= 0.6 is 11.8 Å². The van der Waals surface area contributed by atoms with Crippen molar-refractivity contribution in [3.63, 3.8) is 0 Å². The van der Waals surface area contributed by atoms with Gasteiger partial charge in [-0.15, -0.1) is 11.8 Å².